The Morgan fingerprint density at radius 3 is 2.54 bits per heavy atom. The molecule has 0 atom stereocenters. The van der Waals surface area contributed by atoms with Gasteiger partial charge in [0.15, 0.2) is 11.5 Å². The van der Waals surface area contributed by atoms with Gasteiger partial charge in [-0.25, -0.2) is 9.97 Å². The number of carbonyl (C=O) groups is 2. The Morgan fingerprint density at radius 1 is 1.14 bits per heavy atom. The monoisotopic (exact) mass is 511 g/mol. The van der Waals surface area contributed by atoms with Crippen molar-refractivity contribution in [3.8, 4) is 22.8 Å². The van der Waals surface area contributed by atoms with Gasteiger partial charge >= 0.3 is 0 Å². The van der Waals surface area contributed by atoms with Crippen LogP contribution in [0.15, 0.2) is 18.6 Å². The van der Waals surface area contributed by atoms with Gasteiger partial charge in [-0.3, -0.25) is 9.59 Å². The number of carbonyl (C=O) groups excluding carboxylic acids is 2. The first-order valence-electron chi connectivity index (χ1n) is 12.3. The van der Waals surface area contributed by atoms with Crippen LogP contribution in [0.4, 0.5) is 4.39 Å². The van der Waals surface area contributed by atoms with Crippen molar-refractivity contribution < 1.29 is 28.2 Å². The second-order valence-electron chi connectivity index (χ2n) is 9.37. The number of hydrogen-bond donors (Lipinski definition) is 2. The van der Waals surface area contributed by atoms with Crippen LogP contribution in [-0.4, -0.2) is 78.7 Å². The molecule has 3 aromatic rings. The molecule has 1 saturated carbocycles. The summed E-state index contributed by atoms with van der Waals surface area (Å²) in [6.45, 7) is 1.18. The number of halogens is 1. The number of benzene rings is 1. The molecule has 196 valence electrons. The average molecular weight is 512 g/mol. The van der Waals surface area contributed by atoms with Gasteiger partial charge in [0.1, 0.15) is 18.5 Å². The number of methoxy groups -OCH3 is 3. The summed E-state index contributed by atoms with van der Waals surface area (Å²) in [6.07, 6.45) is 6.19. The van der Waals surface area contributed by atoms with Crippen molar-refractivity contribution in [3.63, 3.8) is 0 Å². The van der Waals surface area contributed by atoms with E-state index < -0.39 is 5.82 Å². The van der Waals surface area contributed by atoms with Gasteiger partial charge in [0.05, 0.1) is 31.0 Å². The number of fused-ring (bicyclic) bond motifs is 1. The van der Waals surface area contributed by atoms with Crippen LogP contribution in [0.3, 0.4) is 0 Å². The summed E-state index contributed by atoms with van der Waals surface area (Å²) < 4.78 is 30.7. The molecular formula is C26H30FN5O5. The highest BCUT2D eigenvalue weighted by Gasteiger charge is 2.34. The molecule has 1 aliphatic heterocycles. The lowest BCUT2D eigenvalue weighted by atomic mass is 9.97. The third kappa shape index (κ3) is 4.71. The molecule has 2 fully saturated rings. The van der Waals surface area contributed by atoms with Gasteiger partial charge in [-0.15, -0.1) is 0 Å². The van der Waals surface area contributed by atoms with Crippen LogP contribution in [0.1, 0.15) is 47.5 Å². The Kier molecular flexibility index (Phi) is 6.96. The largest absolute Gasteiger partial charge is 0.494 e. The van der Waals surface area contributed by atoms with E-state index in [2.05, 4.69) is 20.3 Å². The van der Waals surface area contributed by atoms with Crippen LogP contribution in [0.5, 0.6) is 11.5 Å². The van der Waals surface area contributed by atoms with Crippen molar-refractivity contribution in [1.29, 1.82) is 0 Å². The summed E-state index contributed by atoms with van der Waals surface area (Å²) in [5.41, 5.74) is 3.42. The molecule has 5 rings (SSSR count). The SMILES string of the molecule is COCC(=O)N1CCC(NC(=O)c2c[nH]c3c(-c4cc(OC)c(F)c(OC)c4C4CC4)ncnc23)CC1. The number of hydrogen-bond acceptors (Lipinski definition) is 7. The van der Waals surface area contributed by atoms with E-state index in [-0.39, 0.29) is 41.9 Å². The van der Waals surface area contributed by atoms with Crippen LogP contribution in [0.2, 0.25) is 0 Å². The number of piperidine rings is 1. The van der Waals surface area contributed by atoms with E-state index in [1.54, 1.807) is 17.2 Å². The smallest absolute Gasteiger partial charge is 0.255 e. The van der Waals surface area contributed by atoms with Crippen LogP contribution in [0.25, 0.3) is 22.3 Å². The Morgan fingerprint density at radius 2 is 1.89 bits per heavy atom. The van der Waals surface area contributed by atoms with Gasteiger partial charge in [-0.05, 0) is 37.7 Å². The number of aromatic nitrogens is 3. The zero-order valence-electron chi connectivity index (χ0n) is 21.1. The first kappa shape index (κ1) is 24.9. The zero-order valence-corrected chi connectivity index (χ0v) is 21.1. The number of ether oxygens (including phenoxy) is 3. The van der Waals surface area contributed by atoms with Gasteiger partial charge in [0, 0.05) is 43.6 Å². The van der Waals surface area contributed by atoms with Crippen LogP contribution >= 0.6 is 0 Å². The van der Waals surface area contributed by atoms with Crippen molar-refractivity contribution in [2.24, 2.45) is 0 Å². The van der Waals surface area contributed by atoms with E-state index in [9.17, 15) is 14.0 Å². The van der Waals surface area contributed by atoms with E-state index in [1.807, 2.05) is 0 Å². The Labute approximate surface area is 213 Å². The van der Waals surface area contributed by atoms with E-state index in [0.29, 0.717) is 53.8 Å². The first-order valence-corrected chi connectivity index (χ1v) is 12.3. The Bertz CT molecular complexity index is 1330. The molecule has 11 heteroatoms. The standard InChI is InChI=1S/C26H30FN5O5/c1-35-12-19(33)32-8-6-15(7-9-32)31-26(34)17-11-28-24-22(29-13-30-23(17)24)16-10-18(36-2)21(27)25(37-3)20(16)14-4-5-14/h10-11,13-15,28H,4-9,12H2,1-3H3,(H,31,34). The molecule has 2 aliphatic rings. The van der Waals surface area contributed by atoms with Gasteiger partial charge in [0.2, 0.25) is 11.7 Å². The van der Waals surface area contributed by atoms with Gasteiger partial charge in [-0.1, -0.05) is 0 Å². The second kappa shape index (κ2) is 10.3. The number of likely N-dealkylation sites (tertiary alicyclic amines) is 1. The van der Waals surface area contributed by atoms with Crippen molar-refractivity contribution in [1.82, 2.24) is 25.2 Å². The molecule has 2 amide bonds. The van der Waals surface area contributed by atoms with Gasteiger partial charge in [0.25, 0.3) is 5.91 Å². The highest BCUT2D eigenvalue weighted by atomic mass is 19.1. The molecule has 1 aliphatic carbocycles. The quantitative estimate of drug-likeness (QED) is 0.477. The highest BCUT2D eigenvalue weighted by molar-refractivity contribution is 6.08. The summed E-state index contributed by atoms with van der Waals surface area (Å²) in [6, 6.07) is 1.57. The van der Waals surface area contributed by atoms with Gasteiger partial charge < -0.3 is 29.4 Å². The van der Waals surface area contributed by atoms with Crippen molar-refractivity contribution in [3.05, 3.63) is 35.5 Å². The minimum atomic E-state index is -0.539. The molecular weight excluding hydrogens is 481 g/mol. The summed E-state index contributed by atoms with van der Waals surface area (Å²) in [4.78, 5) is 39.0. The Balaban J connectivity index is 1.43. The molecule has 2 N–H and O–H groups in total. The van der Waals surface area contributed by atoms with E-state index >= 15 is 0 Å². The molecule has 3 heterocycles. The predicted molar refractivity (Wildman–Crippen MR) is 133 cm³/mol. The maximum Gasteiger partial charge on any atom is 0.255 e. The Hall–Kier alpha value is -3.73. The molecule has 37 heavy (non-hydrogen) atoms. The molecule has 0 spiro atoms. The van der Waals surface area contributed by atoms with Crippen molar-refractivity contribution in [2.45, 2.75) is 37.6 Å². The summed E-state index contributed by atoms with van der Waals surface area (Å²) in [5, 5.41) is 3.07. The predicted octanol–water partition coefficient (Wildman–Crippen LogP) is 3.03. The van der Waals surface area contributed by atoms with Crippen LogP contribution < -0.4 is 14.8 Å². The number of nitrogens with one attached hydrogen (secondary N) is 2. The molecule has 0 bridgehead atoms. The fourth-order valence-corrected chi connectivity index (χ4v) is 5.01. The van der Waals surface area contributed by atoms with Crippen LogP contribution in [0, 0.1) is 5.82 Å². The molecule has 10 nitrogen and oxygen atoms in total. The number of H-pyrrole nitrogens is 1. The number of rotatable bonds is 8. The maximum atomic E-state index is 15.0. The topological polar surface area (TPSA) is 119 Å². The molecule has 1 saturated heterocycles. The summed E-state index contributed by atoms with van der Waals surface area (Å²) in [5.74, 6) is -0.467. The van der Waals surface area contributed by atoms with Crippen molar-refractivity contribution >= 4 is 22.8 Å². The molecule has 2 aromatic heterocycles. The van der Waals surface area contributed by atoms with E-state index in [0.717, 1.165) is 18.4 Å². The fourth-order valence-electron chi connectivity index (χ4n) is 5.01. The zero-order chi connectivity index (χ0) is 26.1. The maximum absolute atomic E-state index is 15.0. The minimum absolute atomic E-state index is 0.0484. The average Bonchev–Trinajstić information content (AvgIpc) is 3.66. The molecule has 1 aromatic carbocycles. The van der Waals surface area contributed by atoms with Crippen LogP contribution in [-0.2, 0) is 9.53 Å². The molecule has 0 unspecified atom stereocenters. The lowest BCUT2D eigenvalue weighted by Crippen LogP contribution is -2.47. The summed E-state index contributed by atoms with van der Waals surface area (Å²) in [7, 11) is 4.35. The number of nitrogens with zero attached hydrogens (tertiary/aromatic N) is 3. The number of amides is 2. The van der Waals surface area contributed by atoms with E-state index in [1.165, 1.54) is 27.7 Å². The third-order valence-corrected chi connectivity index (χ3v) is 7.05. The lowest BCUT2D eigenvalue weighted by Gasteiger charge is -2.32. The molecule has 0 radical (unpaired) electrons. The number of aromatic amines is 1. The fraction of sp³-hybridized carbons (Fsp3) is 0.462. The van der Waals surface area contributed by atoms with E-state index in [4.69, 9.17) is 14.2 Å². The minimum Gasteiger partial charge on any atom is -0.494 e. The summed E-state index contributed by atoms with van der Waals surface area (Å²) >= 11 is 0. The normalized spacial score (nSPS) is 16.2. The van der Waals surface area contributed by atoms with Crippen molar-refractivity contribution in [2.75, 3.05) is 41.0 Å². The first-order chi connectivity index (χ1) is 18.0. The highest BCUT2D eigenvalue weighted by Crippen LogP contribution is 2.51. The second-order valence-corrected chi connectivity index (χ2v) is 9.37. The van der Waals surface area contributed by atoms with Gasteiger partial charge in [-0.2, -0.15) is 4.39 Å². The third-order valence-electron chi connectivity index (χ3n) is 7.05. The lowest BCUT2D eigenvalue weighted by molar-refractivity contribution is -0.136.